The predicted octanol–water partition coefficient (Wildman–Crippen LogP) is 7.93. The first kappa shape index (κ1) is 42.1. The maximum absolute atomic E-state index is 13.3. The van der Waals surface area contributed by atoms with E-state index in [0.29, 0.717) is 51.9 Å². The summed E-state index contributed by atoms with van der Waals surface area (Å²) in [5.74, 6) is -0.0944. The number of hydrogen-bond donors (Lipinski definition) is 6. The van der Waals surface area contributed by atoms with Crippen LogP contribution >= 0.6 is 0 Å². The average molecular weight is 854 g/mol. The van der Waals surface area contributed by atoms with Gasteiger partial charge in [0.05, 0.1) is 23.1 Å². The van der Waals surface area contributed by atoms with Gasteiger partial charge in [-0.25, -0.2) is 9.98 Å². The van der Waals surface area contributed by atoms with E-state index in [2.05, 4.69) is 99.2 Å². The van der Waals surface area contributed by atoms with E-state index in [1.165, 1.54) is 0 Å². The van der Waals surface area contributed by atoms with Crippen LogP contribution in [-0.2, 0) is 9.59 Å². The molecule has 1 unspecified atom stereocenters. The molecular formula is C52H57N10O2+. The van der Waals surface area contributed by atoms with Crippen LogP contribution in [0.4, 0.5) is 34.1 Å². The van der Waals surface area contributed by atoms with Gasteiger partial charge in [-0.2, -0.15) is 0 Å². The van der Waals surface area contributed by atoms with E-state index in [1.807, 2.05) is 68.4 Å². The number of anilines is 5. The molecule has 1 saturated carbocycles. The summed E-state index contributed by atoms with van der Waals surface area (Å²) >= 11 is 0. The van der Waals surface area contributed by atoms with Crippen LogP contribution in [0, 0.1) is 32.6 Å². The summed E-state index contributed by atoms with van der Waals surface area (Å²) in [7, 11) is 0. The monoisotopic (exact) mass is 853 g/mol. The van der Waals surface area contributed by atoms with Gasteiger partial charge in [0.25, 0.3) is 0 Å². The molecule has 12 heteroatoms. The molecule has 2 heterocycles. The van der Waals surface area contributed by atoms with Crippen molar-refractivity contribution in [2.75, 3.05) is 47.9 Å². The largest absolute Gasteiger partial charge is 0.398 e. The topological polar surface area (TPSA) is 167 Å². The summed E-state index contributed by atoms with van der Waals surface area (Å²) in [6.45, 7) is 10.3. The maximum Gasteiger partial charge on any atom is 0.239 e. The van der Waals surface area contributed by atoms with Crippen LogP contribution in [-0.4, -0.2) is 54.7 Å². The first-order chi connectivity index (χ1) is 31.0. The number of aryl methyl sites for hydroxylation is 3. The minimum absolute atomic E-state index is 0.0498. The number of para-hydroxylation sites is 2. The quantitative estimate of drug-likeness (QED) is 0.0313. The molecule has 8 N–H and O–H groups in total. The first-order valence-electron chi connectivity index (χ1n) is 22.4. The number of nitrogens with zero attached hydrogens (tertiary/aromatic N) is 4. The number of hydrogen-bond acceptors (Lipinski definition) is 9. The fourth-order valence-corrected chi connectivity index (χ4v) is 9.31. The molecule has 0 radical (unpaired) electrons. The standard InChI is InChI=1S/C52H56N10O2/c1-31-23-43-47(27-39(31)53)61(37-11-7-5-8-12-37)49-29-41(33(3)25-45(49)59-43)55-19-21-57-51(63)35-15-17-36(18-16-35)52(64)58-22-20-56-42-30-50-46(26-34(42)4)60-44-24-32(2)40(54)28-48(44)62(50)38-13-9-6-10-14-38/h5-14,23-30,35-36,49,55H,15-22,53H2,1-4H3,(H4,54,56,57,58,63,64)/p+1. The number of nitrogens with one attached hydrogen (secondary N) is 4. The zero-order chi connectivity index (χ0) is 44.5. The Morgan fingerprint density at radius 2 is 1.27 bits per heavy atom. The number of carbonyl (C=O) groups excluding carboxylic acids is 2. The molecule has 1 aromatic heterocycles. The molecule has 1 aliphatic heterocycles. The number of nitrogens with two attached hydrogens (primary N) is 2. The lowest BCUT2D eigenvalue weighted by molar-refractivity contribution is -0.538. The molecule has 12 nitrogen and oxygen atoms in total. The molecule has 2 aliphatic carbocycles. The highest BCUT2D eigenvalue weighted by Crippen LogP contribution is 2.44. The number of amides is 2. The van der Waals surface area contributed by atoms with Crippen LogP contribution in [0.3, 0.4) is 0 Å². The molecule has 1 fully saturated rings. The molecule has 3 aliphatic rings. The number of nitrogen functional groups attached to an aromatic ring is 2. The van der Waals surface area contributed by atoms with E-state index in [9.17, 15) is 9.59 Å². The van der Waals surface area contributed by atoms with Crippen molar-refractivity contribution in [2.45, 2.75) is 59.4 Å². The number of aromatic nitrogens is 2. The SMILES string of the molecule is CC1=CC2=Nc3cc(C)c(N)cc3N(c3ccccc3)C2C=C1NCCNC(=O)C1CCC(C(=O)NCCNc2cc3c(cc2C)nc2cc(C)c(N)cc2[n+]3-c2ccccc2)CC1. The third kappa shape index (κ3) is 8.47. The second kappa shape index (κ2) is 17.9. The van der Waals surface area contributed by atoms with Crippen molar-refractivity contribution in [3.8, 4) is 5.69 Å². The van der Waals surface area contributed by atoms with Crippen LogP contribution in [0.15, 0.2) is 125 Å². The Labute approximate surface area is 374 Å². The lowest BCUT2D eigenvalue weighted by atomic mass is 9.81. The molecule has 1 atom stereocenters. The van der Waals surface area contributed by atoms with Crippen molar-refractivity contribution in [3.63, 3.8) is 0 Å². The number of fused-ring (bicyclic) bond motifs is 4. The maximum atomic E-state index is 13.3. The van der Waals surface area contributed by atoms with Gasteiger partial charge in [0.2, 0.25) is 28.5 Å². The highest BCUT2D eigenvalue weighted by molar-refractivity contribution is 6.11. The van der Waals surface area contributed by atoms with E-state index in [4.69, 9.17) is 21.4 Å². The summed E-state index contributed by atoms with van der Waals surface area (Å²) in [5, 5.41) is 13.4. The number of allylic oxidation sites excluding steroid dienone is 1. The number of benzene rings is 5. The third-order valence-electron chi connectivity index (χ3n) is 13.0. The molecule has 6 aromatic rings. The van der Waals surface area contributed by atoms with Crippen molar-refractivity contribution >= 4 is 73.7 Å². The third-order valence-corrected chi connectivity index (χ3v) is 13.0. The Balaban J connectivity index is 0.754. The molecule has 0 bridgehead atoms. The summed E-state index contributed by atoms with van der Waals surface area (Å²) in [6, 6.07) is 32.8. The van der Waals surface area contributed by atoms with Crippen molar-refractivity contribution < 1.29 is 14.2 Å². The second-order valence-electron chi connectivity index (χ2n) is 17.4. The van der Waals surface area contributed by atoms with E-state index in [-0.39, 0.29) is 29.7 Å². The number of aliphatic imine (C=N–C) groups is 1. The van der Waals surface area contributed by atoms with Gasteiger partial charge in [-0.3, -0.25) is 9.59 Å². The van der Waals surface area contributed by atoms with Gasteiger partial charge in [0.1, 0.15) is 11.0 Å². The summed E-state index contributed by atoms with van der Waals surface area (Å²) in [6.07, 6.45) is 7.13. The van der Waals surface area contributed by atoms with Crippen molar-refractivity contribution in [2.24, 2.45) is 16.8 Å². The van der Waals surface area contributed by atoms with Crippen molar-refractivity contribution in [3.05, 3.63) is 137 Å². The highest BCUT2D eigenvalue weighted by Gasteiger charge is 2.33. The summed E-state index contributed by atoms with van der Waals surface area (Å²) in [5.41, 5.74) is 29.0. The van der Waals surface area contributed by atoms with Gasteiger partial charge in [-0.1, -0.05) is 36.4 Å². The lowest BCUT2D eigenvalue weighted by Gasteiger charge is -2.39. The lowest BCUT2D eigenvalue weighted by Crippen LogP contribution is -2.42. The van der Waals surface area contributed by atoms with Gasteiger partial charge in [-0.15, -0.1) is 4.57 Å². The Kier molecular flexibility index (Phi) is 11.8. The summed E-state index contributed by atoms with van der Waals surface area (Å²) < 4.78 is 2.21. The highest BCUT2D eigenvalue weighted by atomic mass is 16.2. The summed E-state index contributed by atoms with van der Waals surface area (Å²) in [4.78, 5) is 38.9. The fourth-order valence-electron chi connectivity index (χ4n) is 9.31. The van der Waals surface area contributed by atoms with Gasteiger partial charge < -0.3 is 37.6 Å². The molecule has 0 saturated heterocycles. The average Bonchev–Trinajstić information content (AvgIpc) is 3.29. The first-order valence-corrected chi connectivity index (χ1v) is 22.4. The molecule has 326 valence electrons. The molecule has 2 amide bonds. The second-order valence-corrected chi connectivity index (χ2v) is 17.4. The molecule has 9 rings (SSSR count). The van der Waals surface area contributed by atoms with Gasteiger partial charge in [0, 0.05) is 90.7 Å². The van der Waals surface area contributed by atoms with Gasteiger partial charge in [0.15, 0.2) is 0 Å². The Bertz CT molecular complexity index is 2860. The van der Waals surface area contributed by atoms with Crippen LogP contribution in [0.1, 0.15) is 49.3 Å². The smallest absolute Gasteiger partial charge is 0.239 e. The molecule has 5 aromatic carbocycles. The van der Waals surface area contributed by atoms with Crippen molar-refractivity contribution in [1.82, 2.24) is 20.9 Å². The minimum Gasteiger partial charge on any atom is -0.398 e. The molecule has 0 spiro atoms. The normalized spacial score (nSPS) is 18.0. The van der Waals surface area contributed by atoms with Crippen LogP contribution in [0.25, 0.3) is 27.8 Å². The van der Waals surface area contributed by atoms with E-state index in [0.717, 1.165) is 95.6 Å². The fraction of sp³-hybridized carbons (Fsp3) is 0.288. The van der Waals surface area contributed by atoms with Crippen LogP contribution in [0.2, 0.25) is 0 Å². The van der Waals surface area contributed by atoms with Gasteiger partial charge >= 0.3 is 0 Å². The Hall–Kier alpha value is -7.21. The Morgan fingerprint density at radius 1 is 0.688 bits per heavy atom. The van der Waals surface area contributed by atoms with Crippen LogP contribution in [0.5, 0.6) is 0 Å². The molecular weight excluding hydrogens is 797 g/mol. The number of rotatable bonds is 12. The number of carbonyl (C=O) groups is 2. The van der Waals surface area contributed by atoms with Crippen LogP contribution < -0.4 is 42.2 Å². The molecule has 64 heavy (non-hydrogen) atoms. The predicted molar refractivity (Wildman–Crippen MR) is 260 cm³/mol. The van der Waals surface area contributed by atoms with E-state index in [1.54, 1.807) is 0 Å². The van der Waals surface area contributed by atoms with Crippen molar-refractivity contribution in [1.29, 1.82) is 0 Å². The Morgan fingerprint density at radius 3 is 1.94 bits per heavy atom. The van der Waals surface area contributed by atoms with E-state index >= 15 is 0 Å². The zero-order valence-corrected chi connectivity index (χ0v) is 37.0. The minimum atomic E-state index is -0.118. The zero-order valence-electron chi connectivity index (χ0n) is 37.0. The van der Waals surface area contributed by atoms with Gasteiger partial charge in [-0.05, 0) is 124 Å². The van der Waals surface area contributed by atoms with E-state index < -0.39 is 0 Å².